The number of fused-ring (bicyclic) bond motifs is 17. The molecule has 1 spiro atoms. The van der Waals surface area contributed by atoms with Crippen LogP contribution in [0.25, 0.3) is 55.0 Å². The van der Waals surface area contributed by atoms with Gasteiger partial charge >= 0.3 is 0 Å². The smallest absolute Gasteiger partial charge is 0.137 e. The van der Waals surface area contributed by atoms with Crippen molar-refractivity contribution in [3.05, 3.63) is 198 Å². The molecule has 2 fully saturated rings. The van der Waals surface area contributed by atoms with Gasteiger partial charge in [0.2, 0.25) is 0 Å². The molecule has 2 aromatic heterocycles. The third-order valence-electron chi connectivity index (χ3n) is 14.6. The number of para-hydroxylation sites is 2. The summed E-state index contributed by atoms with van der Waals surface area (Å²) in [6, 6.07) is 61.6. The van der Waals surface area contributed by atoms with E-state index in [1.165, 1.54) is 64.5 Å². The first-order valence-electron chi connectivity index (χ1n) is 21.5. The molecule has 60 heavy (non-hydrogen) atoms. The molecule has 0 radical (unpaired) electrons. The summed E-state index contributed by atoms with van der Waals surface area (Å²) < 4.78 is 20.2. The van der Waals surface area contributed by atoms with E-state index in [1.807, 2.05) is 12.1 Å². The number of hydrogen-bond acceptors (Lipinski definition) is 4. The van der Waals surface area contributed by atoms with Crippen molar-refractivity contribution in [3.8, 4) is 22.6 Å². The van der Waals surface area contributed by atoms with Gasteiger partial charge in [-0.1, -0.05) is 110 Å². The zero-order valence-corrected chi connectivity index (χ0v) is 32.9. The highest BCUT2D eigenvalue weighted by atomic mass is 16.5. The van der Waals surface area contributed by atoms with Crippen LogP contribution in [0.2, 0.25) is 0 Å². The summed E-state index contributed by atoms with van der Waals surface area (Å²) in [5.74, 6) is 3.94. The largest absolute Gasteiger partial charge is 0.457 e. The van der Waals surface area contributed by atoms with Crippen LogP contribution in [0.1, 0.15) is 59.4 Å². The highest BCUT2D eigenvalue weighted by Crippen LogP contribution is 2.63. The lowest BCUT2D eigenvalue weighted by Gasteiger charge is -2.40. The molecule has 10 aromatic rings. The van der Waals surface area contributed by atoms with E-state index >= 15 is 0 Å². The van der Waals surface area contributed by atoms with E-state index in [1.54, 1.807) is 0 Å². The number of anilines is 3. The lowest BCUT2D eigenvalue weighted by atomic mass is 9.66. The fourth-order valence-corrected chi connectivity index (χ4v) is 12.2. The summed E-state index contributed by atoms with van der Waals surface area (Å²) in [5.41, 5.74) is 15.0. The maximum absolute atomic E-state index is 7.02. The maximum Gasteiger partial charge on any atom is 0.137 e. The molecule has 3 atom stereocenters. The lowest BCUT2D eigenvalue weighted by molar-refractivity contribution is 0.422. The van der Waals surface area contributed by atoms with Gasteiger partial charge in [0.15, 0.2) is 0 Å². The molecule has 3 unspecified atom stereocenters. The number of rotatable bonds is 4. The van der Waals surface area contributed by atoms with Crippen LogP contribution >= 0.6 is 0 Å². The van der Waals surface area contributed by atoms with Gasteiger partial charge < -0.3 is 18.5 Å². The van der Waals surface area contributed by atoms with Crippen LogP contribution in [-0.2, 0) is 5.41 Å². The predicted octanol–water partition coefficient (Wildman–Crippen LogP) is 15.3. The monoisotopic (exact) mass is 773 g/mol. The molecule has 8 aromatic carbocycles. The molecule has 1 aliphatic heterocycles. The second-order valence-electron chi connectivity index (χ2n) is 17.5. The molecular formula is C56H39NO3. The van der Waals surface area contributed by atoms with Crippen molar-refractivity contribution in [2.75, 3.05) is 4.90 Å². The molecule has 4 heteroatoms. The Morgan fingerprint density at radius 1 is 0.450 bits per heavy atom. The second kappa shape index (κ2) is 12.0. The Kier molecular flexibility index (Phi) is 6.58. The van der Waals surface area contributed by atoms with Gasteiger partial charge in [-0.25, -0.2) is 0 Å². The van der Waals surface area contributed by atoms with Crippen LogP contribution < -0.4 is 9.64 Å². The van der Waals surface area contributed by atoms with Gasteiger partial charge in [-0.2, -0.15) is 0 Å². The SMILES string of the molecule is c1ccc2c(c1)Oc1cc(N(c3ccc4c(c3)oc3ccccc34)c3ccc4oc5cccc(C6CC7CCC6C7)c5c4c3)ccc1C21c2ccccc2-c2ccccc21. The molecule has 0 amide bonds. The van der Waals surface area contributed by atoms with Crippen molar-refractivity contribution in [1.82, 2.24) is 0 Å². The topological polar surface area (TPSA) is 38.8 Å². The van der Waals surface area contributed by atoms with E-state index in [2.05, 4.69) is 163 Å². The summed E-state index contributed by atoms with van der Waals surface area (Å²) >= 11 is 0. The number of ether oxygens (including phenoxy) is 1. The van der Waals surface area contributed by atoms with Gasteiger partial charge in [0.25, 0.3) is 0 Å². The van der Waals surface area contributed by atoms with Crippen molar-refractivity contribution in [2.24, 2.45) is 11.8 Å². The van der Waals surface area contributed by atoms with Crippen molar-refractivity contribution in [2.45, 2.75) is 37.0 Å². The minimum atomic E-state index is -0.529. The molecule has 4 aliphatic rings. The number of nitrogens with zero attached hydrogens (tertiary/aromatic N) is 1. The fraction of sp³-hybridized carbons (Fsp3) is 0.143. The molecular weight excluding hydrogens is 735 g/mol. The molecule has 0 N–H and O–H groups in total. The first-order valence-corrected chi connectivity index (χ1v) is 21.5. The summed E-state index contributed by atoms with van der Waals surface area (Å²) in [6.45, 7) is 0. The van der Waals surface area contributed by atoms with Gasteiger partial charge in [0.1, 0.15) is 33.8 Å². The molecule has 4 nitrogen and oxygen atoms in total. The van der Waals surface area contributed by atoms with Crippen LogP contribution in [0.5, 0.6) is 11.5 Å². The van der Waals surface area contributed by atoms with Gasteiger partial charge in [-0.05, 0) is 119 Å². The van der Waals surface area contributed by atoms with Gasteiger partial charge in [0.05, 0.1) is 5.41 Å². The minimum Gasteiger partial charge on any atom is -0.457 e. The van der Waals surface area contributed by atoms with Crippen LogP contribution in [0.15, 0.2) is 179 Å². The van der Waals surface area contributed by atoms with E-state index in [-0.39, 0.29) is 0 Å². The zero-order valence-electron chi connectivity index (χ0n) is 32.9. The Labute approximate surface area is 347 Å². The maximum atomic E-state index is 7.02. The third-order valence-corrected chi connectivity index (χ3v) is 14.6. The van der Waals surface area contributed by atoms with E-state index in [9.17, 15) is 0 Å². The Bertz CT molecular complexity index is 3380. The number of hydrogen-bond donors (Lipinski definition) is 0. The average Bonchev–Trinajstić information content (AvgIpc) is 4.14. The van der Waals surface area contributed by atoms with Crippen LogP contribution in [-0.4, -0.2) is 0 Å². The average molecular weight is 774 g/mol. The van der Waals surface area contributed by atoms with E-state index in [0.29, 0.717) is 5.92 Å². The van der Waals surface area contributed by atoms with Crippen LogP contribution in [0, 0.1) is 11.8 Å². The number of benzene rings is 8. The van der Waals surface area contributed by atoms with Gasteiger partial charge in [0, 0.05) is 61.9 Å². The Morgan fingerprint density at radius 3 is 1.93 bits per heavy atom. The first-order chi connectivity index (χ1) is 29.7. The summed E-state index contributed by atoms with van der Waals surface area (Å²) in [7, 11) is 0. The summed E-state index contributed by atoms with van der Waals surface area (Å²) in [4.78, 5) is 2.36. The summed E-state index contributed by atoms with van der Waals surface area (Å²) in [5, 5.41) is 4.66. The lowest BCUT2D eigenvalue weighted by Crippen LogP contribution is -2.32. The first kappa shape index (κ1) is 32.9. The van der Waals surface area contributed by atoms with E-state index in [0.717, 1.165) is 84.5 Å². The van der Waals surface area contributed by atoms with Crippen molar-refractivity contribution < 1.29 is 13.6 Å². The van der Waals surface area contributed by atoms with Crippen molar-refractivity contribution >= 4 is 60.9 Å². The highest BCUT2D eigenvalue weighted by Gasteiger charge is 2.51. The van der Waals surface area contributed by atoms with E-state index < -0.39 is 5.41 Å². The van der Waals surface area contributed by atoms with E-state index in [4.69, 9.17) is 13.6 Å². The Morgan fingerprint density at radius 2 is 1.10 bits per heavy atom. The van der Waals surface area contributed by atoms with Crippen LogP contribution in [0.3, 0.4) is 0 Å². The molecule has 14 rings (SSSR count). The zero-order chi connectivity index (χ0) is 39.1. The third kappa shape index (κ3) is 4.35. The van der Waals surface area contributed by atoms with Crippen LogP contribution in [0.4, 0.5) is 17.1 Å². The molecule has 3 heterocycles. The minimum absolute atomic E-state index is 0.529. The molecule has 2 saturated carbocycles. The van der Waals surface area contributed by atoms with Crippen molar-refractivity contribution in [3.63, 3.8) is 0 Å². The summed E-state index contributed by atoms with van der Waals surface area (Å²) in [6.07, 6.45) is 5.38. The van der Waals surface area contributed by atoms with Gasteiger partial charge in [-0.15, -0.1) is 0 Å². The normalized spacial score (nSPS) is 19.2. The number of furan rings is 2. The Hall–Kier alpha value is -7.04. The Balaban J connectivity index is 1.00. The molecule has 286 valence electrons. The predicted molar refractivity (Wildman–Crippen MR) is 241 cm³/mol. The molecule has 2 bridgehead atoms. The second-order valence-corrected chi connectivity index (χ2v) is 17.5. The highest BCUT2D eigenvalue weighted by molar-refractivity contribution is 6.09. The molecule has 0 saturated heterocycles. The molecule has 3 aliphatic carbocycles. The van der Waals surface area contributed by atoms with Crippen molar-refractivity contribution in [1.29, 1.82) is 0 Å². The fourth-order valence-electron chi connectivity index (χ4n) is 12.2. The standard InChI is InChI=1S/C56H39NO3/c1-4-14-45-38(10-1)39-11-2-5-15-46(39)56(45)47-16-6-8-18-51(47)60-54-32-37(23-26-48(54)56)57(36-22-25-41-40-12-3-7-17-49(40)59-53(41)31-36)35-24-27-50-44(30-35)55-42(13-9-19-52(55)58-50)43-29-33-20-21-34(43)28-33/h1-19,22-27,30-34,43H,20-21,28-29H2. The van der Waals surface area contributed by atoms with Gasteiger partial charge in [-0.3, -0.25) is 0 Å². The quantitative estimate of drug-likeness (QED) is 0.179.